The molecule has 0 aliphatic heterocycles. The van der Waals surface area contributed by atoms with Crippen LogP contribution in [0.1, 0.15) is 32.6 Å². The van der Waals surface area contributed by atoms with Crippen LogP contribution in [0.15, 0.2) is 22.8 Å². The molecule has 0 bridgehead atoms. The molecule has 0 atom stereocenters. The summed E-state index contributed by atoms with van der Waals surface area (Å²) in [7, 11) is 0. The lowest BCUT2D eigenvalue weighted by Crippen LogP contribution is -2.30. The zero-order chi connectivity index (χ0) is 12.0. The molecule has 1 N–H and O–H groups in total. The minimum atomic E-state index is -0.313. The highest BCUT2D eigenvalue weighted by Crippen LogP contribution is 2.17. The van der Waals surface area contributed by atoms with Crippen molar-refractivity contribution in [2.24, 2.45) is 0 Å². The Morgan fingerprint density at radius 1 is 1.50 bits per heavy atom. The average Bonchev–Trinajstić information content (AvgIpc) is 2.27. The van der Waals surface area contributed by atoms with E-state index >= 15 is 0 Å². The van der Waals surface area contributed by atoms with E-state index in [1.807, 2.05) is 0 Å². The summed E-state index contributed by atoms with van der Waals surface area (Å²) in [5, 5.41) is 3.18. The van der Waals surface area contributed by atoms with Crippen LogP contribution in [0, 0.1) is 0 Å². The van der Waals surface area contributed by atoms with Crippen LogP contribution in [0.5, 0.6) is 0 Å². The Bertz CT molecular complexity index is 345. The van der Waals surface area contributed by atoms with Crippen LogP contribution in [-0.4, -0.2) is 18.2 Å². The van der Waals surface area contributed by atoms with Gasteiger partial charge in [-0.05, 0) is 12.5 Å². The largest absolute Gasteiger partial charge is 0.352 e. The van der Waals surface area contributed by atoms with Crippen molar-refractivity contribution in [2.75, 3.05) is 6.54 Å². The van der Waals surface area contributed by atoms with E-state index in [2.05, 4.69) is 12.2 Å². The number of halogens is 1. The molecule has 1 aliphatic carbocycles. The second-order valence-electron chi connectivity index (χ2n) is 3.74. The van der Waals surface area contributed by atoms with Crippen LogP contribution in [-0.2, 0) is 9.59 Å². The molecule has 0 aromatic carbocycles. The van der Waals surface area contributed by atoms with Crippen molar-refractivity contribution in [3.05, 3.63) is 22.8 Å². The van der Waals surface area contributed by atoms with Gasteiger partial charge in [0.25, 0.3) is 5.91 Å². The third-order valence-electron chi connectivity index (χ3n) is 2.38. The summed E-state index contributed by atoms with van der Waals surface area (Å²) < 4.78 is 0. The van der Waals surface area contributed by atoms with Crippen molar-refractivity contribution < 1.29 is 9.59 Å². The van der Waals surface area contributed by atoms with Gasteiger partial charge in [-0.25, -0.2) is 0 Å². The van der Waals surface area contributed by atoms with Gasteiger partial charge in [0.1, 0.15) is 0 Å². The van der Waals surface area contributed by atoms with E-state index < -0.39 is 0 Å². The number of ketones is 1. The number of hydrogen-bond acceptors (Lipinski definition) is 2. The first-order valence-electron chi connectivity index (χ1n) is 5.54. The number of carbonyl (C=O) groups is 2. The molecule has 1 aliphatic rings. The van der Waals surface area contributed by atoms with Gasteiger partial charge in [-0.3, -0.25) is 9.59 Å². The lowest BCUT2D eigenvalue weighted by Gasteiger charge is -2.10. The van der Waals surface area contributed by atoms with E-state index in [-0.39, 0.29) is 23.7 Å². The lowest BCUT2D eigenvalue weighted by atomic mass is 10.0. The van der Waals surface area contributed by atoms with Crippen molar-refractivity contribution in [3.8, 4) is 0 Å². The number of allylic oxidation sites excluding steroid dienone is 3. The van der Waals surface area contributed by atoms with Crippen LogP contribution >= 0.6 is 11.6 Å². The van der Waals surface area contributed by atoms with Gasteiger partial charge in [0.05, 0.1) is 5.57 Å². The fraction of sp³-hybridized carbons (Fsp3) is 0.500. The van der Waals surface area contributed by atoms with Gasteiger partial charge in [-0.15, -0.1) is 0 Å². The number of Topliss-reactive ketones (excluding diaryl/α,β-unsaturated/α-hetero) is 1. The third-order valence-corrected chi connectivity index (χ3v) is 2.64. The molecule has 0 aromatic heterocycles. The zero-order valence-corrected chi connectivity index (χ0v) is 10.1. The summed E-state index contributed by atoms with van der Waals surface area (Å²) in [5.74, 6) is -0.482. The molecule has 88 valence electrons. The van der Waals surface area contributed by atoms with Gasteiger partial charge in [-0.2, -0.15) is 0 Å². The van der Waals surface area contributed by atoms with Crippen molar-refractivity contribution in [1.82, 2.24) is 5.32 Å². The molecule has 0 heterocycles. The molecule has 16 heavy (non-hydrogen) atoms. The van der Waals surface area contributed by atoms with Crippen LogP contribution in [0.2, 0.25) is 0 Å². The highest BCUT2D eigenvalue weighted by atomic mass is 35.5. The van der Waals surface area contributed by atoms with Crippen LogP contribution in [0.3, 0.4) is 0 Å². The normalized spacial score (nSPS) is 15.5. The molecule has 0 unspecified atom stereocenters. The molecular weight excluding hydrogens is 226 g/mol. The molecule has 3 nitrogen and oxygen atoms in total. The van der Waals surface area contributed by atoms with Gasteiger partial charge in [0.2, 0.25) is 0 Å². The standard InChI is InChI=1S/C12H16ClNO2/c1-2-3-4-7-14-12(16)10-8-9(13)5-6-11(10)15/h5,8H,2-4,6-7H2,1H3,(H,14,16). The molecule has 0 radical (unpaired) electrons. The SMILES string of the molecule is CCCCCNC(=O)C1=CC(Cl)=CCC1=O. The van der Waals surface area contributed by atoms with E-state index in [0.717, 1.165) is 19.3 Å². The number of hydrogen-bond donors (Lipinski definition) is 1. The molecule has 0 saturated carbocycles. The minimum absolute atomic E-state index is 0.169. The van der Waals surface area contributed by atoms with Gasteiger partial charge in [-0.1, -0.05) is 37.4 Å². The summed E-state index contributed by atoms with van der Waals surface area (Å²) >= 11 is 5.76. The van der Waals surface area contributed by atoms with Gasteiger partial charge >= 0.3 is 0 Å². The van der Waals surface area contributed by atoms with Crippen molar-refractivity contribution in [3.63, 3.8) is 0 Å². The number of nitrogens with one attached hydrogen (secondary N) is 1. The topological polar surface area (TPSA) is 46.2 Å². The van der Waals surface area contributed by atoms with Gasteiger partial charge < -0.3 is 5.32 Å². The second kappa shape index (κ2) is 6.48. The van der Waals surface area contributed by atoms with E-state index in [1.165, 1.54) is 6.08 Å². The first-order valence-corrected chi connectivity index (χ1v) is 5.91. The monoisotopic (exact) mass is 241 g/mol. The number of rotatable bonds is 5. The maximum atomic E-state index is 11.6. The highest BCUT2D eigenvalue weighted by Gasteiger charge is 2.19. The summed E-state index contributed by atoms with van der Waals surface area (Å²) in [6.07, 6.45) is 6.38. The Hall–Kier alpha value is -1.09. The molecule has 0 fully saturated rings. The molecule has 1 amide bonds. The average molecular weight is 242 g/mol. The van der Waals surface area contributed by atoms with Crippen LogP contribution in [0.4, 0.5) is 0 Å². The highest BCUT2D eigenvalue weighted by molar-refractivity contribution is 6.34. The van der Waals surface area contributed by atoms with Crippen molar-refractivity contribution in [1.29, 1.82) is 0 Å². The zero-order valence-electron chi connectivity index (χ0n) is 9.38. The first kappa shape index (κ1) is 13.0. The molecule has 1 rings (SSSR count). The van der Waals surface area contributed by atoms with E-state index in [0.29, 0.717) is 11.6 Å². The predicted octanol–water partition coefficient (Wildman–Crippen LogP) is 2.31. The third kappa shape index (κ3) is 3.81. The Morgan fingerprint density at radius 3 is 2.94 bits per heavy atom. The maximum Gasteiger partial charge on any atom is 0.254 e. The van der Waals surface area contributed by atoms with E-state index in [9.17, 15) is 9.59 Å². The second-order valence-corrected chi connectivity index (χ2v) is 4.17. The van der Waals surface area contributed by atoms with Gasteiger partial charge in [0, 0.05) is 18.0 Å². The molecular formula is C12H16ClNO2. The van der Waals surface area contributed by atoms with Crippen LogP contribution in [0.25, 0.3) is 0 Å². The smallest absolute Gasteiger partial charge is 0.254 e. The van der Waals surface area contributed by atoms with E-state index in [4.69, 9.17) is 11.6 Å². The number of unbranched alkanes of at least 4 members (excludes halogenated alkanes) is 2. The fourth-order valence-corrected chi connectivity index (χ4v) is 1.63. The van der Waals surface area contributed by atoms with Gasteiger partial charge in [0.15, 0.2) is 5.78 Å². The number of amides is 1. The first-order chi connectivity index (χ1) is 7.65. The maximum absolute atomic E-state index is 11.6. The molecule has 4 heteroatoms. The Balaban J connectivity index is 2.47. The summed E-state index contributed by atoms with van der Waals surface area (Å²) in [6, 6.07) is 0. The number of carbonyl (C=O) groups excluding carboxylic acids is 2. The Kier molecular flexibility index (Phi) is 5.26. The molecule has 0 saturated heterocycles. The molecule has 0 aromatic rings. The van der Waals surface area contributed by atoms with Crippen molar-refractivity contribution >= 4 is 23.3 Å². The van der Waals surface area contributed by atoms with E-state index in [1.54, 1.807) is 6.08 Å². The quantitative estimate of drug-likeness (QED) is 0.593. The summed E-state index contributed by atoms with van der Waals surface area (Å²) in [6.45, 7) is 2.71. The van der Waals surface area contributed by atoms with Crippen molar-refractivity contribution in [2.45, 2.75) is 32.6 Å². The Labute approximate surface area is 101 Å². The summed E-state index contributed by atoms with van der Waals surface area (Å²) in [5.41, 5.74) is 0.170. The minimum Gasteiger partial charge on any atom is -0.352 e. The molecule has 0 spiro atoms. The van der Waals surface area contributed by atoms with Crippen LogP contribution < -0.4 is 5.32 Å². The predicted molar refractivity (Wildman–Crippen MR) is 64.2 cm³/mol. The fourth-order valence-electron chi connectivity index (χ4n) is 1.44. The summed E-state index contributed by atoms with van der Waals surface area (Å²) in [4.78, 5) is 23.1. The Morgan fingerprint density at radius 2 is 2.25 bits per heavy atom. The lowest BCUT2D eigenvalue weighted by molar-refractivity contribution is -0.122.